The molecule has 0 aliphatic carbocycles. The Morgan fingerprint density at radius 2 is 1.54 bits per heavy atom. The summed E-state index contributed by atoms with van der Waals surface area (Å²) in [5, 5.41) is -0.190. The van der Waals surface area contributed by atoms with Crippen molar-refractivity contribution < 1.29 is 26.3 Å². The molecule has 0 amide bonds. The fraction of sp³-hybridized carbons (Fsp3) is 0.222. The van der Waals surface area contributed by atoms with E-state index in [4.69, 9.17) is 23.2 Å². The molecule has 0 atom stereocenters. The Hall–Kier alpha value is -2.06. The van der Waals surface area contributed by atoms with Gasteiger partial charge in [-0.1, -0.05) is 29.3 Å². The van der Waals surface area contributed by atoms with Gasteiger partial charge in [0.1, 0.15) is 0 Å². The minimum atomic E-state index is -4.64. The van der Waals surface area contributed by atoms with Crippen LogP contribution in [0.4, 0.5) is 37.7 Å². The summed E-state index contributed by atoms with van der Waals surface area (Å²) in [7, 11) is 0. The largest absolute Gasteiger partial charge is 0.417 e. The Balaban J connectivity index is 1.93. The third-order valence-electron chi connectivity index (χ3n) is 4.09. The van der Waals surface area contributed by atoms with Gasteiger partial charge in [0.05, 0.1) is 34.4 Å². The molecule has 28 heavy (non-hydrogen) atoms. The minimum Gasteiger partial charge on any atom is -0.348 e. The second-order valence-corrected chi connectivity index (χ2v) is 6.99. The topological polar surface area (TPSA) is 6.48 Å². The fourth-order valence-corrected chi connectivity index (χ4v) is 3.27. The Bertz CT molecular complexity index is 908. The molecule has 0 unspecified atom stereocenters. The van der Waals surface area contributed by atoms with E-state index in [9.17, 15) is 26.3 Å². The molecule has 0 aromatic heterocycles. The number of halogens is 8. The quantitative estimate of drug-likeness (QED) is 0.477. The molecule has 0 saturated carbocycles. The first kappa shape index (κ1) is 20.7. The average Bonchev–Trinajstić information content (AvgIpc) is 2.60. The number of alkyl halides is 6. The number of hydrogen-bond acceptors (Lipinski definition) is 2. The third kappa shape index (κ3) is 4.50. The summed E-state index contributed by atoms with van der Waals surface area (Å²) < 4.78 is 78.2. The van der Waals surface area contributed by atoms with Crippen LogP contribution in [0.5, 0.6) is 0 Å². The average molecular weight is 441 g/mol. The van der Waals surface area contributed by atoms with Crippen LogP contribution >= 0.6 is 23.2 Å². The lowest BCUT2D eigenvalue weighted by molar-refractivity contribution is -0.138. The van der Waals surface area contributed by atoms with E-state index in [1.54, 1.807) is 0 Å². The van der Waals surface area contributed by atoms with Crippen molar-refractivity contribution in [2.75, 3.05) is 23.0 Å². The monoisotopic (exact) mass is 440 g/mol. The van der Waals surface area contributed by atoms with Crippen LogP contribution in [0.2, 0.25) is 5.02 Å². The predicted octanol–water partition coefficient (Wildman–Crippen LogP) is 6.74. The molecule has 150 valence electrons. The lowest BCUT2D eigenvalue weighted by atomic mass is 10.1. The van der Waals surface area contributed by atoms with Crippen LogP contribution in [0.3, 0.4) is 0 Å². The number of rotatable bonds is 2. The van der Waals surface area contributed by atoms with Crippen molar-refractivity contribution in [3.05, 3.63) is 69.8 Å². The Morgan fingerprint density at radius 1 is 0.821 bits per heavy atom. The summed E-state index contributed by atoms with van der Waals surface area (Å²) in [6.07, 6.45) is -7.71. The highest BCUT2D eigenvalue weighted by atomic mass is 35.5. The van der Waals surface area contributed by atoms with Crippen molar-refractivity contribution in [1.29, 1.82) is 0 Å². The molecule has 1 heterocycles. The van der Waals surface area contributed by atoms with E-state index in [1.165, 1.54) is 34.2 Å². The van der Waals surface area contributed by atoms with Crippen molar-refractivity contribution in [2.45, 2.75) is 12.4 Å². The summed E-state index contributed by atoms with van der Waals surface area (Å²) in [4.78, 5) is 2.94. The summed E-state index contributed by atoms with van der Waals surface area (Å²) in [5.41, 5.74) is -1.43. The van der Waals surface area contributed by atoms with E-state index in [2.05, 4.69) is 0 Å². The van der Waals surface area contributed by atoms with Gasteiger partial charge in [-0.05, 0) is 36.4 Å². The standard InChI is InChI=1S/C18H12Cl2F6N2/c19-12-8-27(13-3-1-2-11(6-13)17(21,22)23)10-28(9-12)14-4-5-16(20)15(7-14)18(24,25)26/h1-7,9H,8,10H2. The second-order valence-electron chi connectivity index (χ2n) is 6.10. The molecular weight excluding hydrogens is 429 g/mol. The van der Waals surface area contributed by atoms with Crippen LogP contribution in [-0.4, -0.2) is 13.2 Å². The molecule has 0 fully saturated rings. The van der Waals surface area contributed by atoms with E-state index in [1.807, 2.05) is 0 Å². The highest BCUT2D eigenvalue weighted by molar-refractivity contribution is 6.31. The first-order valence-corrected chi connectivity index (χ1v) is 8.62. The Kier molecular flexibility index (Phi) is 5.46. The number of hydrogen-bond donors (Lipinski definition) is 0. The van der Waals surface area contributed by atoms with Gasteiger partial charge in [0.15, 0.2) is 0 Å². The van der Waals surface area contributed by atoms with E-state index in [0.29, 0.717) is 0 Å². The van der Waals surface area contributed by atoms with Gasteiger partial charge in [0, 0.05) is 17.6 Å². The lowest BCUT2D eigenvalue weighted by Crippen LogP contribution is -2.40. The first-order chi connectivity index (χ1) is 12.9. The molecule has 3 rings (SSSR count). The molecule has 0 radical (unpaired) electrons. The number of anilines is 2. The second kappa shape index (κ2) is 7.40. The molecular formula is C18H12Cl2F6N2. The van der Waals surface area contributed by atoms with Crippen LogP contribution in [0.15, 0.2) is 53.7 Å². The highest BCUT2D eigenvalue weighted by Crippen LogP contribution is 2.38. The van der Waals surface area contributed by atoms with Gasteiger partial charge in [0.2, 0.25) is 0 Å². The normalized spacial score (nSPS) is 15.6. The van der Waals surface area contributed by atoms with Gasteiger partial charge in [0.25, 0.3) is 0 Å². The van der Waals surface area contributed by atoms with Crippen molar-refractivity contribution >= 4 is 34.6 Å². The maximum absolute atomic E-state index is 13.1. The third-order valence-corrected chi connectivity index (χ3v) is 4.63. The maximum Gasteiger partial charge on any atom is 0.417 e. The lowest BCUT2D eigenvalue weighted by Gasteiger charge is -2.36. The minimum absolute atomic E-state index is 0.0104. The van der Waals surface area contributed by atoms with Gasteiger partial charge < -0.3 is 9.80 Å². The van der Waals surface area contributed by atoms with Crippen molar-refractivity contribution in [1.82, 2.24) is 0 Å². The van der Waals surface area contributed by atoms with Crippen LogP contribution < -0.4 is 9.80 Å². The summed E-state index contributed by atoms with van der Waals surface area (Å²) in [6.45, 7) is 0.134. The molecule has 1 aliphatic heterocycles. The van der Waals surface area contributed by atoms with Crippen LogP contribution in [0, 0.1) is 0 Å². The zero-order valence-electron chi connectivity index (χ0n) is 14.0. The predicted molar refractivity (Wildman–Crippen MR) is 96.5 cm³/mol. The molecule has 2 aromatic carbocycles. The van der Waals surface area contributed by atoms with Gasteiger partial charge in [-0.15, -0.1) is 0 Å². The highest BCUT2D eigenvalue weighted by Gasteiger charge is 2.34. The van der Waals surface area contributed by atoms with Crippen LogP contribution in [-0.2, 0) is 12.4 Å². The Morgan fingerprint density at radius 3 is 2.18 bits per heavy atom. The fourth-order valence-electron chi connectivity index (χ4n) is 2.78. The number of benzene rings is 2. The molecule has 1 aliphatic rings. The Labute approximate surface area is 166 Å². The van der Waals surface area contributed by atoms with E-state index in [0.717, 1.165) is 24.3 Å². The summed E-state index contributed by atoms with van der Waals surface area (Å²) in [5.74, 6) is 0. The van der Waals surface area contributed by atoms with Crippen LogP contribution in [0.1, 0.15) is 11.1 Å². The summed E-state index contributed by atoms with van der Waals surface area (Å²) in [6, 6.07) is 8.02. The van der Waals surface area contributed by atoms with Gasteiger partial charge in [-0.3, -0.25) is 0 Å². The first-order valence-electron chi connectivity index (χ1n) is 7.87. The van der Waals surface area contributed by atoms with E-state index in [-0.39, 0.29) is 29.6 Å². The zero-order valence-corrected chi connectivity index (χ0v) is 15.5. The molecule has 2 nitrogen and oxygen atoms in total. The zero-order chi connectivity index (χ0) is 20.7. The molecule has 0 spiro atoms. The summed E-state index contributed by atoms with van der Waals surface area (Å²) >= 11 is 11.7. The van der Waals surface area contributed by atoms with Crippen molar-refractivity contribution in [3.63, 3.8) is 0 Å². The van der Waals surface area contributed by atoms with Gasteiger partial charge in [-0.2, -0.15) is 26.3 Å². The van der Waals surface area contributed by atoms with E-state index >= 15 is 0 Å². The van der Waals surface area contributed by atoms with Gasteiger partial charge in [-0.25, -0.2) is 0 Å². The molecule has 0 bridgehead atoms. The maximum atomic E-state index is 13.1. The smallest absolute Gasteiger partial charge is 0.348 e. The molecule has 0 saturated heterocycles. The van der Waals surface area contributed by atoms with E-state index < -0.39 is 28.5 Å². The molecule has 0 N–H and O–H groups in total. The van der Waals surface area contributed by atoms with Crippen molar-refractivity contribution in [2.24, 2.45) is 0 Å². The SMILES string of the molecule is FC(F)(F)c1cccc(N2CC(Cl)=CN(c3ccc(Cl)c(C(F)(F)F)c3)C2)c1. The van der Waals surface area contributed by atoms with Gasteiger partial charge >= 0.3 is 12.4 Å². The molecule has 10 heteroatoms. The van der Waals surface area contributed by atoms with Crippen molar-refractivity contribution in [3.8, 4) is 0 Å². The number of nitrogens with zero attached hydrogens (tertiary/aromatic N) is 2. The van der Waals surface area contributed by atoms with Crippen LogP contribution in [0.25, 0.3) is 0 Å². The molecule has 2 aromatic rings.